The van der Waals surface area contributed by atoms with Crippen LogP contribution in [-0.4, -0.2) is 50.5 Å². The van der Waals surface area contributed by atoms with E-state index in [2.05, 4.69) is 10.3 Å². The van der Waals surface area contributed by atoms with E-state index < -0.39 is 5.97 Å². The molecule has 0 unspecified atom stereocenters. The van der Waals surface area contributed by atoms with Crippen LogP contribution in [0.3, 0.4) is 0 Å². The Kier molecular flexibility index (Phi) is 3.08. The molecule has 0 atom stereocenters. The van der Waals surface area contributed by atoms with Gasteiger partial charge < -0.3 is 10.0 Å². The van der Waals surface area contributed by atoms with E-state index in [-0.39, 0.29) is 19.0 Å². The van der Waals surface area contributed by atoms with Crippen LogP contribution in [0.25, 0.3) is 0 Å². The lowest BCUT2D eigenvalue weighted by Crippen LogP contribution is -2.34. The minimum absolute atomic E-state index is 0.0312. The molecule has 1 aliphatic carbocycles. The van der Waals surface area contributed by atoms with Gasteiger partial charge >= 0.3 is 5.97 Å². The van der Waals surface area contributed by atoms with E-state index in [4.69, 9.17) is 5.11 Å². The van der Waals surface area contributed by atoms with Crippen LogP contribution in [-0.2, 0) is 16.1 Å². The smallest absolute Gasteiger partial charge is 0.323 e. The number of rotatable bonds is 5. The Balaban J connectivity index is 1.90. The van der Waals surface area contributed by atoms with Gasteiger partial charge in [-0.1, -0.05) is 5.21 Å². The van der Waals surface area contributed by atoms with E-state index in [9.17, 15) is 9.59 Å². The van der Waals surface area contributed by atoms with Crippen molar-refractivity contribution in [2.75, 3.05) is 13.6 Å². The van der Waals surface area contributed by atoms with Gasteiger partial charge in [0.2, 0.25) is 5.91 Å². The fraction of sp³-hybridized carbons (Fsp3) is 0.600. The molecule has 0 bridgehead atoms. The van der Waals surface area contributed by atoms with Gasteiger partial charge in [-0.05, 0) is 12.8 Å². The molecule has 0 spiro atoms. The molecule has 1 N–H and O–H groups in total. The molecule has 1 aliphatic rings. The van der Waals surface area contributed by atoms with Crippen LogP contribution < -0.4 is 0 Å². The van der Waals surface area contributed by atoms with Gasteiger partial charge in [-0.3, -0.25) is 9.59 Å². The summed E-state index contributed by atoms with van der Waals surface area (Å²) in [5.74, 6) is -0.826. The van der Waals surface area contributed by atoms with Gasteiger partial charge in [0.1, 0.15) is 13.1 Å². The largest absolute Gasteiger partial charge is 0.480 e. The number of carboxylic acids is 1. The molecule has 7 heteroatoms. The molecule has 2 rings (SSSR count). The lowest BCUT2D eigenvalue weighted by Gasteiger charge is -2.13. The molecule has 7 nitrogen and oxygen atoms in total. The van der Waals surface area contributed by atoms with E-state index in [0.717, 1.165) is 23.4 Å². The van der Waals surface area contributed by atoms with Crippen molar-refractivity contribution >= 4 is 11.9 Å². The van der Waals surface area contributed by atoms with E-state index in [1.165, 1.54) is 11.7 Å². The van der Waals surface area contributed by atoms with Crippen LogP contribution in [0.5, 0.6) is 0 Å². The molecule has 92 valence electrons. The van der Waals surface area contributed by atoms with Crippen molar-refractivity contribution in [3.8, 4) is 0 Å². The molecular formula is C10H14N4O3. The van der Waals surface area contributed by atoms with Crippen LogP contribution in [0.15, 0.2) is 6.20 Å². The number of hydrogen-bond donors (Lipinski definition) is 1. The average molecular weight is 238 g/mol. The summed E-state index contributed by atoms with van der Waals surface area (Å²) in [6, 6.07) is 0. The van der Waals surface area contributed by atoms with Crippen molar-refractivity contribution in [1.29, 1.82) is 0 Å². The second kappa shape index (κ2) is 4.52. The lowest BCUT2D eigenvalue weighted by molar-refractivity contribution is -0.143. The van der Waals surface area contributed by atoms with Gasteiger partial charge in [0.25, 0.3) is 0 Å². The summed E-state index contributed by atoms with van der Waals surface area (Å²) < 4.78 is 1.45. The molecule has 0 aromatic carbocycles. The summed E-state index contributed by atoms with van der Waals surface area (Å²) in [6.07, 6.45) is 4.02. The number of nitrogens with zero attached hydrogens (tertiary/aromatic N) is 4. The average Bonchev–Trinajstić information content (AvgIpc) is 2.99. The zero-order valence-electron chi connectivity index (χ0n) is 9.54. The van der Waals surface area contributed by atoms with Crippen LogP contribution in [0.2, 0.25) is 0 Å². The number of carbonyl (C=O) groups excluding carboxylic acids is 1. The molecule has 1 heterocycles. The molecule has 1 fully saturated rings. The predicted octanol–water partition coefficient (Wildman–Crippen LogP) is -0.301. The number of carboxylic acid groups (broad SMARTS) is 1. The molecule has 0 saturated heterocycles. The molecule has 0 radical (unpaired) electrons. The second-order valence-corrected chi connectivity index (χ2v) is 4.26. The molecule has 1 amide bonds. The van der Waals surface area contributed by atoms with E-state index in [1.54, 1.807) is 6.20 Å². The first-order valence-corrected chi connectivity index (χ1v) is 5.42. The third-order valence-corrected chi connectivity index (χ3v) is 2.65. The zero-order valence-corrected chi connectivity index (χ0v) is 9.54. The van der Waals surface area contributed by atoms with E-state index >= 15 is 0 Å². The number of likely N-dealkylation sites (N-methyl/N-ethyl adjacent to an activating group) is 1. The maximum atomic E-state index is 11.6. The van der Waals surface area contributed by atoms with Gasteiger partial charge in [0, 0.05) is 19.2 Å². The van der Waals surface area contributed by atoms with Gasteiger partial charge in [0.05, 0.1) is 5.69 Å². The van der Waals surface area contributed by atoms with Gasteiger partial charge in [-0.25, -0.2) is 4.68 Å². The third-order valence-electron chi connectivity index (χ3n) is 2.65. The monoisotopic (exact) mass is 238 g/mol. The highest BCUT2D eigenvalue weighted by Crippen LogP contribution is 2.38. The Morgan fingerprint density at radius 1 is 1.59 bits per heavy atom. The summed E-state index contributed by atoms with van der Waals surface area (Å²) in [4.78, 5) is 23.2. The Labute approximate surface area is 98.0 Å². The van der Waals surface area contributed by atoms with Crippen molar-refractivity contribution in [1.82, 2.24) is 19.9 Å². The molecule has 1 aromatic heterocycles. The summed E-state index contributed by atoms with van der Waals surface area (Å²) in [7, 11) is 1.45. The van der Waals surface area contributed by atoms with Crippen molar-refractivity contribution in [3.05, 3.63) is 11.9 Å². The van der Waals surface area contributed by atoms with Gasteiger partial charge in [0.15, 0.2) is 0 Å². The standard InChI is InChI=1S/C10H14N4O3/c1-13(6-10(16)17)9(15)5-14-4-8(11-12-14)7-2-3-7/h4,7H,2-3,5-6H2,1H3,(H,16,17). The van der Waals surface area contributed by atoms with Crippen LogP contribution in [0.1, 0.15) is 24.5 Å². The Hall–Kier alpha value is -1.92. The lowest BCUT2D eigenvalue weighted by atomic mass is 10.3. The Morgan fingerprint density at radius 2 is 2.29 bits per heavy atom. The van der Waals surface area contributed by atoms with Crippen LogP contribution >= 0.6 is 0 Å². The first-order valence-electron chi connectivity index (χ1n) is 5.42. The SMILES string of the molecule is CN(CC(=O)O)C(=O)Cn1cc(C2CC2)nn1. The summed E-state index contributed by atoms with van der Waals surface area (Å²) in [6.45, 7) is -0.271. The highest BCUT2D eigenvalue weighted by Gasteiger charge is 2.26. The number of aliphatic carboxylic acids is 1. The van der Waals surface area contributed by atoms with Crippen LogP contribution in [0, 0.1) is 0 Å². The minimum atomic E-state index is -1.03. The topological polar surface area (TPSA) is 88.3 Å². The Bertz CT molecular complexity index is 439. The predicted molar refractivity (Wildman–Crippen MR) is 57.3 cm³/mol. The van der Waals surface area contributed by atoms with Gasteiger partial charge in [-0.15, -0.1) is 5.10 Å². The fourth-order valence-electron chi connectivity index (χ4n) is 1.51. The van der Waals surface area contributed by atoms with Crippen LogP contribution in [0.4, 0.5) is 0 Å². The number of hydrogen-bond acceptors (Lipinski definition) is 4. The molecule has 1 aromatic rings. The zero-order chi connectivity index (χ0) is 12.4. The highest BCUT2D eigenvalue weighted by molar-refractivity contribution is 5.80. The van der Waals surface area contributed by atoms with Crippen molar-refractivity contribution in [2.45, 2.75) is 25.3 Å². The molecular weight excluding hydrogens is 224 g/mol. The maximum Gasteiger partial charge on any atom is 0.323 e. The summed E-state index contributed by atoms with van der Waals surface area (Å²) in [5.41, 5.74) is 0.915. The quantitative estimate of drug-likeness (QED) is 0.760. The molecule has 0 aliphatic heterocycles. The summed E-state index contributed by atoms with van der Waals surface area (Å²) >= 11 is 0. The number of aromatic nitrogens is 3. The first-order chi connectivity index (χ1) is 8.06. The van der Waals surface area contributed by atoms with Crippen molar-refractivity contribution in [2.24, 2.45) is 0 Å². The second-order valence-electron chi connectivity index (χ2n) is 4.26. The molecule has 1 saturated carbocycles. The third kappa shape index (κ3) is 3.02. The highest BCUT2D eigenvalue weighted by atomic mass is 16.4. The van der Waals surface area contributed by atoms with E-state index in [1.807, 2.05) is 0 Å². The number of amides is 1. The fourth-order valence-corrected chi connectivity index (χ4v) is 1.51. The number of carbonyl (C=O) groups is 2. The Morgan fingerprint density at radius 3 is 2.88 bits per heavy atom. The normalized spacial score (nSPS) is 14.6. The molecule has 17 heavy (non-hydrogen) atoms. The van der Waals surface area contributed by atoms with Crippen molar-refractivity contribution < 1.29 is 14.7 Å². The van der Waals surface area contributed by atoms with Gasteiger partial charge in [-0.2, -0.15) is 0 Å². The maximum absolute atomic E-state index is 11.6. The minimum Gasteiger partial charge on any atom is -0.480 e. The van der Waals surface area contributed by atoms with E-state index in [0.29, 0.717) is 5.92 Å². The van der Waals surface area contributed by atoms with Crippen molar-refractivity contribution in [3.63, 3.8) is 0 Å². The first kappa shape index (κ1) is 11.6. The summed E-state index contributed by atoms with van der Waals surface area (Å²) in [5, 5.41) is 16.4.